The van der Waals surface area contributed by atoms with Gasteiger partial charge in [0, 0.05) is 0 Å². The highest BCUT2D eigenvalue weighted by atomic mass is 19.4. The van der Waals surface area contributed by atoms with Crippen LogP contribution in [-0.2, 0) is 0 Å². The van der Waals surface area contributed by atoms with Gasteiger partial charge in [-0.25, -0.2) is 0 Å². The van der Waals surface area contributed by atoms with Crippen LogP contribution in [0.4, 0.5) is 18.9 Å². The molecule has 0 spiro atoms. The molecule has 0 aromatic heterocycles. The number of nitro benzene ring substituents is 1. The summed E-state index contributed by atoms with van der Waals surface area (Å²) >= 11 is 0. The van der Waals surface area contributed by atoms with Gasteiger partial charge in [-0.15, -0.1) is 13.2 Å². The fraction of sp³-hybridized carbons (Fsp3) is 0.125. The molecule has 86 valence electrons. The first-order valence-corrected chi connectivity index (χ1v) is 3.83. The van der Waals surface area contributed by atoms with Crippen molar-refractivity contribution >= 4 is 12.0 Å². The molecule has 0 saturated heterocycles. The zero-order valence-electron chi connectivity index (χ0n) is 7.52. The number of carbonyl (C=O) groups is 1. The maximum absolute atomic E-state index is 11.9. The number of carbonyl (C=O) groups excluding carboxylic acids is 1. The van der Waals surface area contributed by atoms with Crippen LogP contribution < -0.4 is 4.74 Å². The number of nitrogens with zero attached hydrogens (tertiary/aromatic N) is 1. The predicted octanol–water partition coefficient (Wildman–Crippen LogP) is 2.31. The summed E-state index contributed by atoms with van der Waals surface area (Å²) in [4.78, 5) is 19.8. The lowest BCUT2D eigenvalue weighted by molar-refractivity contribution is -0.388. The van der Waals surface area contributed by atoms with E-state index in [0.29, 0.717) is 0 Å². The summed E-state index contributed by atoms with van der Waals surface area (Å²) < 4.78 is 39.1. The van der Waals surface area contributed by atoms with E-state index in [9.17, 15) is 28.1 Å². The second-order valence-electron chi connectivity index (χ2n) is 2.62. The number of hydrogen-bond acceptors (Lipinski definition) is 4. The molecule has 0 bridgehead atoms. The fourth-order valence-electron chi connectivity index (χ4n) is 1.04. The first kappa shape index (κ1) is 12.0. The Morgan fingerprint density at radius 2 is 2.00 bits per heavy atom. The van der Waals surface area contributed by atoms with Gasteiger partial charge in [-0.05, 0) is 12.1 Å². The van der Waals surface area contributed by atoms with E-state index in [1.54, 1.807) is 0 Å². The molecular formula is C8H4F3NO4. The van der Waals surface area contributed by atoms with Crippen molar-refractivity contribution in [2.24, 2.45) is 0 Å². The van der Waals surface area contributed by atoms with Gasteiger partial charge in [-0.1, -0.05) is 6.07 Å². The third kappa shape index (κ3) is 2.69. The van der Waals surface area contributed by atoms with Gasteiger partial charge >= 0.3 is 12.0 Å². The molecule has 0 saturated carbocycles. The van der Waals surface area contributed by atoms with Gasteiger partial charge in [0.1, 0.15) is 0 Å². The molecule has 0 aliphatic heterocycles. The van der Waals surface area contributed by atoms with Crippen LogP contribution >= 0.6 is 0 Å². The highest BCUT2D eigenvalue weighted by molar-refractivity contribution is 5.83. The number of nitro groups is 1. The van der Waals surface area contributed by atoms with Crippen molar-refractivity contribution < 1.29 is 27.6 Å². The van der Waals surface area contributed by atoms with Gasteiger partial charge in [-0.2, -0.15) is 0 Å². The summed E-state index contributed by atoms with van der Waals surface area (Å²) in [6, 6.07) is 2.84. The van der Waals surface area contributed by atoms with Crippen molar-refractivity contribution in [2.45, 2.75) is 6.36 Å². The van der Waals surface area contributed by atoms with Gasteiger partial charge in [0.05, 0.1) is 10.5 Å². The van der Waals surface area contributed by atoms with Crippen LogP contribution in [0.25, 0.3) is 0 Å². The number of rotatable bonds is 3. The zero-order valence-corrected chi connectivity index (χ0v) is 7.52. The van der Waals surface area contributed by atoms with Crippen LogP contribution in [0.5, 0.6) is 5.75 Å². The average molecular weight is 235 g/mol. The predicted molar refractivity (Wildman–Crippen MR) is 45.2 cm³/mol. The molecule has 0 N–H and O–H groups in total. The molecule has 0 atom stereocenters. The molecule has 8 heteroatoms. The number of alkyl halides is 3. The third-order valence-corrected chi connectivity index (χ3v) is 1.57. The molecule has 0 amide bonds. The van der Waals surface area contributed by atoms with Crippen LogP contribution in [-0.4, -0.2) is 17.6 Å². The maximum Gasteiger partial charge on any atom is 0.573 e. The standard InChI is InChI=1S/C8H4F3NO4/c9-8(10,11)16-6-3-1-2-5(4-13)7(6)12(14)15/h1-4H. The van der Waals surface area contributed by atoms with Crippen LogP contribution in [0, 0.1) is 10.1 Å². The van der Waals surface area contributed by atoms with E-state index in [2.05, 4.69) is 4.74 Å². The second-order valence-corrected chi connectivity index (χ2v) is 2.62. The quantitative estimate of drug-likeness (QED) is 0.458. The normalized spacial score (nSPS) is 10.9. The third-order valence-electron chi connectivity index (χ3n) is 1.57. The average Bonchev–Trinajstić information content (AvgIpc) is 2.14. The molecule has 0 heterocycles. The molecule has 16 heavy (non-hydrogen) atoms. The maximum atomic E-state index is 11.9. The lowest BCUT2D eigenvalue weighted by Gasteiger charge is -2.09. The number of hydrogen-bond donors (Lipinski definition) is 0. The van der Waals surface area contributed by atoms with E-state index in [4.69, 9.17) is 0 Å². The Balaban J connectivity index is 3.28. The van der Waals surface area contributed by atoms with E-state index < -0.39 is 28.3 Å². The number of benzene rings is 1. The van der Waals surface area contributed by atoms with E-state index in [1.165, 1.54) is 0 Å². The largest absolute Gasteiger partial charge is 0.573 e. The molecule has 1 aromatic carbocycles. The molecule has 1 rings (SSSR count). The Hall–Kier alpha value is -2.12. The fourth-order valence-corrected chi connectivity index (χ4v) is 1.04. The van der Waals surface area contributed by atoms with Crippen molar-refractivity contribution in [1.29, 1.82) is 0 Å². The lowest BCUT2D eigenvalue weighted by atomic mass is 10.2. The van der Waals surface area contributed by atoms with Gasteiger partial charge < -0.3 is 4.74 Å². The van der Waals surface area contributed by atoms with Crippen molar-refractivity contribution in [3.63, 3.8) is 0 Å². The van der Waals surface area contributed by atoms with E-state index in [1.807, 2.05) is 0 Å². The van der Waals surface area contributed by atoms with Gasteiger partial charge in [0.25, 0.3) is 0 Å². The van der Waals surface area contributed by atoms with Crippen molar-refractivity contribution in [2.75, 3.05) is 0 Å². The minimum atomic E-state index is -5.05. The number of aldehydes is 1. The Morgan fingerprint density at radius 3 is 2.44 bits per heavy atom. The highest BCUT2D eigenvalue weighted by Crippen LogP contribution is 2.33. The summed E-state index contributed by atoms with van der Waals surface area (Å²) in [5, 5.41) is 10.5. The summed E-state index contributed by atoms with van der Waals surface area (Å²) in [5.74, 6) is -1.01. The van der Waals surface area contributed by atoms with Crippen molar-refractivity contribution in [1.82, 2.24) is 0 Å². The first-order chi connectivity index (χ1) is 7.35. The Kier molecular flexibility index (Phi) is 3.11. The van der Waals surface area contributed by atoms with Gasteiger partial charge in [-0.3, -0.25) is 14.9 Å². The molecule has 0 radical (unpaired) electrons. The molecule has 5 nitrogen and oxygen atoms in total. The summed E-state index contributed by atoms with van der Waals surface area (Å²) in [7, 11) is 0. The summed E-state index contributed by atoms with van der Waals surface area (Å²) in [6.45, 7) is 0. The Labute approximate surface area is 86.6 Å². The van der Waals surface area contributed by atoms with E-state index in [-0.39, 0.29) is 6.29 Å². The first-order valence-electron chi connectivity index (χ1n) is 3.83. The molecule has 0 fully saturated rings. The monoisotopic (exact) mass is 235 g/mol. The minimum absolute atomic E-state index is 0.0847. The lowest BCUT2D eigenvalue weighted by Crippen LogP contribution is -2.18. The summed E-state index contributed by atoms with van der Waals surface area (Å²) in [6.07, 6.45) is -4.96. The van der Waals surface area contributed by atoms with Crippen molar-refractivity contribution in [3.8, 4) is 5.75 Å². The SMILES string of the molecule is O=Cc1cccc(OC(F)(F)F)c1[N+](=O)[O-]. The molecular weight excluding hydrogens is 231 g/mol. The van der Waals surface area contributed by atoms with E-state index in [0.717, 1.165) is 18.2 Å². The smallest absolute Gasteiger partial charge is 0.398 e. The molecule has 0 unspecified atom stereocenters. The van der Waals surface area contributed by atoms with Crippen LogP contribution in [0.1, 0.15) is 10.4 Å². The minimum Gasteiger partial charge on any atom is -0.398 e. The number of ether oxygens (including phenoxy) is 1. The molecule has 0 aliphatic carbocycles. The second kappa shape index (κ2) is 4.17. The van der Waals surface area contributed by atoms with Crippen LogP contribution in [0.3, 0.4) is 0 Å². The molecule has 1 aromatic rings. The van der Waals surface area contributed by atoms with Crippen molar-refractivity contribution in [3.05, 3.63) is 33.9 Å². The topological polar surface area (TPSA) is 69.4 Å². The summed E-state index contributed by atoms with van der Waals surface area (Å²) in [5.41, 5.74) is -1.48. The molecule has 0 aliphatic rings. The van der Waals surface area contributed by atoms with Gasteiger partial charge in [0.2, 0.25) is 5.75 Å². The van der Waals surface area contributed by atoms with Gasteiger partial charge in [0.15, 0.2) is 6.29 Å². The zero-order chi connectivity index (χ0) is 12.3. The van der Waals surface area contributed by atoms with Crippen LogP contribution in [0.15, 0.2) is 18.2 Å². The highest BCUT2D eigenvalue weighted by Gasteiger charge is 2.35. The Bertz CT molecular complexity index is 430. The number of halogens is 3. The number of para-hydroxylation sites is 1. The van der Waals surface area contributed by atoms with Crippen LogP contribution in [0.2, 0.25) is 0 Å². The Morgan fingerprint density at radius 1 is 1.38 bits per heavy atom. The van der Waals surface area contributed by atoms with E-state index >= 15 is 0 Å².